The van der Waals surface area contributed by atoms with Gasteiger partial charge in [-0.2, -0.15) is 0 Å². The molecule has 0 bridgehead atoms. The van der Waals surface area contributed by atoms with E-state index in [1.54, 1.807) is 19.1 Å². The van der Waals surface area contributed by atoms with Crippen molar-refractivity contribution in [1.29, 1.82) is 0 Å². The number of amides is 1. The molecule has 1 amide bonds. The molecule has 6 heteroatoms. The second-order valence-corrected chi connectivity index (χ2v) is 5.69. The Kier molecular flexibility index (Phi) is 4.65. The van der Waals surface area contributed by atoms with Crippen LogP contribution in [0.4, 0.5) is 5.69 Å². The van der Waals surface area contributed by atoms with Gasteiger partial charge in [0, 0.05) is 12.8 Å². The third kappa shape index (κ3) is 3.83. The monoisotopic (exact) mass is 257 g/mol. The molecule has 0 fully saturated rings. The van der Waals surface area contributed by atoms with Crippen LogP contribution in [0.2, 0.25) is 0 Å². The molecular formula is C11H15NO4S. The van der Waals surface area contributed by atoms with Gasteiger partial charge in [-0.1, -0.05) is 6.92 Å². The summed E-state index contributed by atoms with van der Waals surface area (Å²) in [5.74, 6) is -0.221. The molecule has 5 nitrogen and oxygen atoms in total. The van der Waals surface area contributed by atoms with Gasteiger partial charge in [0.2, 0.25) is 5.91 Å². The summed E-state index contributed by atoms with van der Waals surface area (Å²) in [6.45, 7) is 1.55. The standard InChI is InChI=1S/C11H15NO4S/c1-3-17(14,15)10-6-4-9(5-7-10)12-11(13)8-16-2/h4-7H,3,8H2,1-2H3,(H,12,13). The van der Waals surface area contributed by atoms with Crippen LogP contribution in [-0.2, 0) is 19.4 Å². The van der Waals surface area contributed by atoms with Crippen LogP contribution in [0.1, 0.15) is 6.92 Å². The summed E-state index contributed by atoms with van der Waals surface area (Å²) >= 11 is 0. The van der Waals surface area contributed by atoms with Gasteiger partial charge in [-0.3, -0.25) is 4.79 Å². The zero-order chi connectivity index (χ0) is 12.9. The summed E-state index contributed by atoms with van der Waals surface area (Å²) in [6, 6.07) is 6.05. The number of ether oxygens (including phenoxy) is 1. The first kappa shape index (κ1) is 13.7. The number of carbonyl (C=O) groups is 1. The van der Waals surface area contributed by atoms with Gasteiger partial charge in [-0.05, 0) is 24.3 Å². The average molecular weight is 257 g/mol. The smallest absolute Gasteiger partial charge is 0.250 e. The molecule has 94 valence electrons. The van der Waals surface area contributed by atoms with E-state index < -0.39 is 9.84 Å². The number of methoxy groups -OCH3 is 1. The van der Waals surface area contributed by atoms with Crippen molar-refractivity contribution in [2.24, 2.45) is 0 Å². The third-order valence-electron chi connectivity index (χ3n) is 2.15. The molecule has 1 aromatic rings. The first-order chi connectivity index (χ1) is 7.99. The minimum Gasteiger partial charge on any atom is -0.375 e. The van der Waals surface area contributed by atoms with E-state index in [9.17, 15) is 13.2 Å². The Hall–Kier alpha value is -1.40. The molecule has 0 saturated carbocycles. The first-order valence-corrected chi connectivity index (χ1v) is 6.76. The fraction of sp³-hybridized carbons (Fsp3) is 0.364. The molecule has 0 aliphatic heterocycles. The van der Waals surface area contributed by atoms with Crippen LogP contribution >= 0.6 is 0 Å². The summed E-state index contributed by atoms with van der Waals surface area (Å²) in [5.41, 5.74) is 0.544. The van der Waals surface area contributed by atoms with E-state index in [1.165, 1.54) is 19.2 Å². The SMILES string of the molecule is CCS(=O)(=O)c1ccc(NC(=O)COC)cc1. The van der Waals surface area contributed by atoms with E-state index in [-0.39, 0.29) is 23.2 Å². The number of carbonyl (C=O) groups excluding carboxylic acids is 1. The lowest BCUT2D eigenvalue weighted by atomic mass is 10.3. The maximum Gasteiger partial charge on any atom is 0.250 e. The molecule has 0 unspecified atom stereocenters. The van der Waals surface area contributed by atoms with Gasteiger partial charge in [0.15, 0.2) is 9.84 Å². The van der Waals surface area contributed by atoms with Crippen molar-refractivity contribution < 1.29 is 17.9 Å². The van der Waals surface area contributed by atoms with Crippen LogP contribution in [0, 0.1) is 0 Å². The van der Waals surface area contributed by atoms with Gasteiger partial charge in [0.05, 0.1) is 10.6 Å². The average Bonchev–Trinajstić information content (AvgIpc) is 2.30. The predicted octanol–water partition coefficient (Wildman–Crippen LogP) is 1.07. The van der Waals surface area contributed by atoms with E-state index in [0.29, 0.717) is 5.69 Å². The highest BCUT2D eigenvalue weighted by molar-refractivity contribution is 7.91. The molecule has 0 atom stereocenters. The van der Waals surface area contributed by atoms with Gasteiger partial charge < -0.3 is 10.1 Å². The summed E-state index contributed by atoms with van der Waals surface area (Å²) in [7, 11) is -1.76. The Bertz CT molecular complexity index is 479. The lowest BCUT2D eigenvalue weighted by Gasteiger charge is -2.05. The lowest BCUT2D eigenvalue weighted by Crippen LogP contribution is -2.17. The Balaban J connectivity index is 2.79. The fourth-order valence-corrected chi connectivity index (χ4v) is 2.12. The van der Waals surface area contributed by atoms with Crippen molar-refractivity contribution in [2.75, 3.05) is 24.8 Å². The summed E-state index contributed by atoms with van der Waals surface area (Å²) < 4.78 is 27.7. The molecule has 17 heavy (non-hydrogen) atoms. The highest BCUT2D eigenvalue weighted by Crippen LogP contribution is 2.15. The van der Waals surface area contributed by atoms with Gasteiger partial charge >= 0.3 is 0 Å². The third-order valence-corrected chi connectivity index (χ3v) is 3.90. The molecule has 0 radical (unpaired) electrons. The van der Waals surface area contributed by atoms with Crippen molar-refractivity contribution in [3.63, 3.8) is 0 Å². The van der Waals surface area contributed by atoms with Crippen molar-refractivity contribution in [3.05, 3.63) is 24.3 Å². The highest BCUT2D eigenvalue weighted by atomic mass is 32.2. The highest BCUT2D eigenvalue weighted by Gasteiger charge is 2.11. The van der Waals surface area contributed by atoms with E-state index in [4.69, 9.17) is 0 Å². The van der Waals surface area contributed by atoms with Gasteiger partial charge in [0.1, 0.15) is 6.61 Å². The Labute approximate surface area is 101 Å². The first-order valence-electron chi connectivity index (χ1n) is 5.11. The second-order valence-electron chi connectivity index (χ2n) is 3.41. The maximum absolute atomic E-state index is 11.5. The minimum atomic E-state index is -3.19. The number of nitrogens with one attached hydrogen (secondary N) is 1. The topological polar surface area (TPSA) is 72.5 Å². The summed E-state index contributed by atoms with van der Waals surface area (Å²) in [4.78, 5) is 11.5. The molecule has 0 spiro atoms. The van der Waals surface area contributed by atoms with Crippen LogP contribution in [0.25, 0.3) is 0 Å². The van der Waals surface area contributed by atoms with Crippen molar-refractivity contribution in [2.45, 2.75) is 11.8 Å². The molecule has 1 rings (SSSR count). The zero-order valence-corrected chi connectivity index (χ0v) is 10.6. The molecule has 0 saturated heterocycles. The van der Waals surface area contributed by atoms with Crippen LogP contribution in [-0.4, -0.2) is 33.8 Å². The normalized spacial score (nSPS) is 11.2. The summed E-state index contributed by atoms with van der Waals surface area (Å²) in [5, 5.41) is 2.58. The van der Waals surface area contributed by atoms with E-state index in [2.05, 4.69) is 10.1 Å². The quantitative estimate of drug-likeness (QED) is 0.856. The van der Waals surface area contributed by atoms with Crippen LogP contribution in [0.15, 0.2) is 29.2 Å². The van der Waals surface area contributed by atoms with E-state index in [1.807, 2.05) is 0 Å². The largest absolute Gasteiger partial charge is 0.375 e. The predicted molar refractivity (Wildman–Crippen MR) is 64.7 cm³/mol. The van der Waals surface area contributed by atoms with Crippen molar-refractivity contribution in [3.8, 4) is 0 Å². The number of anilines is 1. The van der Waals surface area contributed by atoms with Crippen LogP contribution in [0.5, 0.6) is 0 Å². The van der Waals surface area contributed by atoms with Crippen molar-refractivity contribution >= 4 is 21.4 Å². The molecule has 1 aromatic carbocycles. The maximum atomic E-state index is 11.5. The Morgan fingerprint density at radius 2 is 1.88 bits per heavy atom. The second kappa shape index (κ2) is 5.79. The Morgan fingerprint density at radius 1 is 1.29 bits per heavy atom. The van der Waals surface area contributed by atoms with Gasteiger partial charge in [-0.15, -0.1) is 0 Å². The molecule has 0 aliphatic rings. The molecule has 0 heterocycles. The number of benzene rings is 1. The molecule has 0 aliphatic carbocycles. The molecular weight excluding hydrogens is 242 g/mol. The minimum absolute atomic E-state index is 0.0327. The van der Waals surface area contributed by atoms with Crippen LogP contribution in [0.3, 0.4) is 0 Å². The number of sulfone groups is 1. The van der Waals surface area contributed by atoms with Crippen molar-refractivity contribution in [1.82, 2.24) is 0 Å². The number of hydrogen-bond donors (Lipinski definition) is 1. The lowest BCUT2D eigenvalue weighted by molar-refractivity contribution is -0.119. The van der Waals surface area contributed by atoms with Gasteiger partial charge in [0.25, 0.3) is 0 Å². The molecule has 1 N–H and O–H groups in total. The van der Waals surface area contributed by atoms with Crippen LogP contribution < -0.4 is 5.32 Å². The number of hydrogen-bond acceptors (Lipinski definition) is 4. The van der Waals surface area contributed by atoms with Gasteiger partial charge in [-0.25, -0.2) is 8.42 Å². The summed E-state index contributed by atoms with van der Waals surface area (Å²) in [6.07, 6.45) is 0. The Morgan fingerprint density at radius 3 is 2.35 bits per heavy atom. The number of rotatable bonds is 5. The fourth-order valence-electron chi connectivity index (χ4n) is 1.24. The van der Waals surface area contributed by atoms with E-state index >= 15 is 0 Å². The molecule has 0 aromatic heterocycles. The zero-order valence-electron chi connectivity index (χ0n) is 9.76. The van der Waals surface area contributed by atoms with E-state index in [0.717, 1.165) is 0 Å².